The maximum Gasteiger partial charge on any atom is 0.193 e. The summed E-state index contributed by atoms with van der Waals surface area (Å²) in [6.07, 6.45) is 2.10. The number of rotatable bonds is 6. The number of nitrogens with zero attached hydrogens (tertiary/aromatic N) is 2. The Balaban J connectivity index is 1.52. The van der Waals surface area contributed by atoms with Crippen molar-refractivity contribution in [2.45, 2.75) is 19.4 Å². The summed E-state index contributed by atoms with van der Waals surface area (Å²) < 4.78 is 5.14. The Labute approximate surface area is 160 Å². The fraction of sp³-hybridized carbons (Fsp3) is 0.381. The van der Waals surface area contributed by atoms with E-state index in [9.17, 15) is 5.11 Å². The molecule has 2 aromatic carbocycles. The monoisotopic (exact) mass is 368 g/mol. The highest BCUT2D eigenvalue weighted by Crippen LogP contribution is 2.23. The number of methoxy groups -OCH3 is 1. The quantitative estimate of drug-likeness (QED) is 0.539. The number of hydrogen-bond acceptors (Lipinski definition) is 4. The van der Waals surface area contributed by atoms with Gasteiger partial charge in [-0.25, -0.2) is 4.99 Å². The predicted molar refractivity (Wildman–Crippen MR) is 110 cm³/mol. The molecule has 0 aromatic heterocycles. The molecule has 1 aliphatic rings. The lowest BCUT2D eigenvalue weighted by molar-refractivity contribution is 0.203. The van der Waals surface area contributed by atoms with Crippen LogP contribution >= 0.6 is 0 Å². The average molecular weight is 368 g/mol. The summed E-state index contributed by atoms with van der Waals surface area (Å²) in [6, 6.07) is 16.0. The first-order valence-electron chi connectivity index (χ1n) is 9.33. The first-order valence-corrected chi connectivity index (χ1v) is 9.33. The number of guanidine groups is 1. The van der Waals surface area contributed by atoms with Crippen molar-refractivity contribution in [3.63, 3.8) is 0 Å². The SMILES string of the molecule is COc1ccc(NC(N)=NCc2ccc(N3CCC(CO)CC3)cc2)cc1. The number of aliphatic imine (C=N–C) groups is 1. The van der Waals surface area contributed by atoms with E-state index >= 15 is 0 Å². The molecule has 2 aromatic rings. The molecule has 0 saturated carbocycles. The van der Waals surface area contributed by atoms with Gasteiger partial charge in [0, 0.05) is 31.1 Å². The second-order valence-corrected chi connectivity index (χ2v) is 6.83. The molecular weight excluding hydrogens is 340 g/mol. The van der Waals surface area contributed by atoms with Crippen molar-refractivity contribution in [3.8, 4) is 5.75 Å². The third-order valence-electron chi connectivity index (χ3n) is 4.97. The molecule has 1 heterocycles. The van der Waals surface area contributed by atoms with Crippen LogP contribution in [0, 0.1) is 5.92 Å². The number of aliphatic hydroxyl groups is 1. The van der Waals surface area contributed by atoms with Crippen LogP contribution in [0.4, 0.5) is 11.4 Å². The molecule has 1 aliphatic heterocycles. The van der Waals surface area contributed by atoms with Gasteiger partial charge in [0.1, 0.15) is 5.75 Å². The van der Waals surface area contributed by atoms with Crippen LogP contribution in [-0.2, 0) is 6.54 Å². The maximum absolute atomic E-state index is 9.25. The first-order chi connectivity index (χ1) is 13.2. The number of aliphatic hydroxyl groups excluding tert-OH is 1. The maximum atomic E-state index is 9.25. The predicted octanol–water partition coefficient (Wildman–Crippen LogP) is 2.83. The van der Waals surface area contributed by atoms with Crippen molar-refractivity contribution < 1.29 is 9.84 Å². The Kier molecular flexibility index (Phi) is 6.54. The number of anilines is 2. The van der Waals surface area contributed by atoms with Crippen LogP contribution in [0.5, 0.6) is 5.75 Å². The average Bonchev–Trinajstić information content (AvgIpc) is 2.73. The molecule has 3 rings (SSSR count). The van der Waals surface area contributed by atoms with E-state index in [1.807, 2.05) is 24.3 Å². The standard InChI is InChI=1S/C21H28N4O2/c1-27-20-8-4-18(5-9-20)24-21(22)23-14-16-2-6-19(7-3-16)25-12-10-17(15-26)11-13-25/h2-9,17,26H,10-15H2,1H3,(H3,22,23,24). The van der Waals surface area contributed by atoms with E-state index in [0.29, 0.717) is 25.0 Å². The Bertz CT molecular complexity index is 736. The minimum Gasteiger partial charge on any atom is -0.497 e. The van der Waals surface area contributed by atoms with Gasteiger partial charge < -0.3 is 25.8 Å². The van der Waals surface area contributed by atoms with E-state index in [1.165, 1.54) is 5.69 Å². The van der Waals surface area contributed by atoms with E-state index in [0.717, 1.165) is 42.9 Å². The normalized spacial score (nSPS) is 15.6. The Morgan fingerprint density at radius 2 is 1.81 bits per heavy atom. The summed E-state index contributed by atoms with van der Waals surface area (Å²) in [6.45, 7) is 2.83. The highest BCUT2D eigenvalue weighted by molar-refractivity contribution is 5.92. The molecule has 0 bridgehead atoms. The van der Waals surface area contributed by atoms with Gasteiger partial charge in [-0.15, -0.1) is 0 Å². The molecule has 0 atom stereocenters. The Morgan fingerprint density at radius 3 is 2.41 bits per heavy atom. The summed E-state index contributed by atoms with van der Waals surface area (Å²) in [5.74, 6) is 1.64. The minimum atomic E-state index is 0.302. The number of benzene rings is 2. The number of hydrogen-bond donors (Lipinski definition) is 3. The number of nitrogens with two attached hydrogens (primary N) is 1. The van der Waals surface area contributed by atoms with Gasteiger partial charge in [-0.3, -0.25) is 0 Å². The van der Waals surface area contributed by atoms with Gasteiger partial charge in [-0.05, 0) is 60.7 Å². The van der Waals surface area contributed by atoms with Gasteiger partial charge in [0.05, 0.1) is 13.7 Å². The van der Waals surface area contributed by atoms with Crippen LogP contribution in [0.2, 0.25) is 0 Å². The summed E-state index contributed by atoms with van der Waals surface area (Å²) in [7, 11) is 1.64. The van der Waals surface area contributed by atoms with Crippen molar-refractivity contribution in [3.05, 3.63) is 54.1 Å². The molecule has 0 aliphatic carbocycles. The third kappa shape index (κ3) is 5.37. The molecule has 0 spiro atoms. The number of ether oxygens (including phenoxy) is 1. The van der Waals surface area contributed by atoms with Gasteiger partial charge in [0.25, 0.3) is 0 Å². The molecule has 144 valence electrons. The molecule has 4 N–H and O–H groups in total. The van der Waals surface area contributed by atoms with Crippen LogP contribution in [-0.4, -0.2) is 37.9 Å². The molecule has 0 amide bonds. The van der Waals surface area contributed by atoms with E-state index < -0.39 is 0 Å². The second-order valence-electron chi connectivity index (χ2n) is 6.83. The van der Waals surface area contributed by atoms with Crippen molar-refractivity contribution >= 4 is 17.3 Å². The fourth-order valence-corrected chi connectivity index (χ4v) is 3.22. The van der Waals surface area contributed by atoms with Crippen LogP contribution in [0.25, 0.3) is 0 Å². The van der Waals surface area contributed by atoms with Gasteiger partial charge in [0.15, 0.2) is 5.96 Å². The van der Waals surface area contributed by atoms with Gasteiger partial charge in [-0.2, -0.15) is 0 Å². The van der Waals surface area contributed by atoms with Crippen LogP contribution in [0.1, 0.15) is 18.4 Å². The molecule has 6 nitrogen and oxygen atoms in total. The molecule has 0 radical (unpaired) electrons. The molecule has 1 fully saturated rings. The fourth-order valence-electron chi connectivity index (χ4n) is 3.22. The second kappa shape index (κ2) is 9.28. The minimum absolute atomic E-state index is 0.302. The summed E-state index contributed by atoms with van der Waals surface area (Å²) in [5.41, 5.74) is 9.19. The number of piperidine rings is 1. The summed E-state index contributed by atoms with van der Waals surface area (Å²) in [5, 5.41) is 12.3. The zero-order valence-corrected chi connectivity index (χ0v) is 15.8. The highest BCUT2D eigenvalue weighted by atomic mass is 16.5. The lowest BCUT2D eigenvalue weighted by Crippen LogP contribution is -2.34. The van der Waals surface area contributed by atoms with E-state index in [4.69, 9.17) is 10.5 Å². The van der Waals surface area contributed by atoms with Crippen LogP contribution in [0.3, 0.4) is 0 Å². The molecule has 6 heteroatoms. The van der Waals surface area contributed by atoms with Crippen molar-refractivity contribution in [1.82, 2.24) is 0 Å². The van der Waals surface area contributed by atoms with Gasteiger partial charge in [-0.1, -0.05) is 12.1 Å². The largest absolute Gasteiger partial charge is 0.497 e. The van der Waals surface area contributed by atoms with Crippen molar-refractivity contribution in [1.29, 1.82) is 0 Å². The molecular formula is C21H28N4O2. The van der Waals surface area contributed by atoms with Crippen molar-refractivity contribution in [2.75, 3.05) is 37.0 Å². The lowest BCUT2D eigenvalue weighted by atomic mass is 9.97. The molecule has 27 heavy (non-hydrogen) atoms. The molecule has 0 unspecified atom stereocenters. The van der Waals surface area contributed by atoms with Gasteiger partial charge in [0.2, 0.25) is 0 Å². The topological polar surface area (TPSA) is 83.1 Å². The van der Waals surface area contributed by atoms with Crippen LogP contribution in [0.15, 0.2) is 53.5 Å². The van der Waals surface area contributed by atoms with Crippen molar-refractivity contribution in [2.24, 2.45) is 16.6 Å². The zero-order valence-electron chi connectivity index (χ0n) is 15.8. The lowest BCUT2D eigenvalue weighted by Gasteiger charge is -2.32. The van der Waals surface area contributed by atoms with E-state index in [2.05, 4.69) is 39.5 Å². The summed E-state index contributed by atoms with van der Waals surface area (Å²) in [4.78, 5) is 6.78. The third-order valence-corrected chi connectivity index (χ3v) is 4.97. The molecule has 1 saturated heterocycles. The smallest absolute Gasteiger partial charge is 0.193 e. The number of nitrogens with one attached hydrogen (secondary N) is 1. The van der Waals surface area contributed by atoms with E-state index in [1.54, 1.807) is 7.11 Å². The van der Waals surface area contributed by atoms with Gasteiger partial charge >= 0.3 is 0 Å². The summed E-state index contributed by atoms with van der Waals surface area (Å²) >= 11 is 0. The van der Waals surface area contributed by atoms with Crippen LogP contribution < -0.4 is 20.7 Å². The Hall–Kier alpha value is -2.73. The van der Waals surface area contributed by atoms with E-state index in [-0.39, 0.29) is 0 Å². The highest BCUT2D eigenvalue weighted by Gasteiger charge is 2.18. The first kappa shape index (κ1) is 19.0. The zero-order chi connectivity index (χ0) is 19.1. The Morgan fingerprint density at radius 1 is 1.15 bits per heavy atom.